The normalized spacial score (nSPS) is 11.7. The minimum Gasteiger partial charge on any atom is -0.494 e. The molecule has 0 saturated carbocycles. The number of unbranched alkanes of at least 4 members (excludes halogenated alkanes) is 1. The molecule has 1 aromatic rings. The fraction of sp³-hybridized carbons (Fsp3) is 0.538. The predicted octanol–water partition coefficient (Wildman–Crippen LogP) is 3.22. The Balaban J connectivity index is 0.00000256. The molecule has 0 unspecified atom stereocenters. The highest BCUT2D eigenvalue weighted by molar-refractivity contribution is 7.80. The number of aryl methyl sites for hydroxylation is 1. The van der Waals surface area contributed by atoms with Gasteiger partial charge >= 0.3 is 0 Å². The number of hydrogen-bond donors (Lipinski definition) is 2. The Morgan fingerprint density at radius 2 is 1.88 bits per heavy atom. The van der Waals surface area contributed by atoms with Gasteiger partial charge in [0.15, 0.2) is 0 Å². The van der Waals surface area contributed by atoms with Crippen molar-refractivity contribution in [1.29, 1.82) is 0 Å². The monoisotopic (exact) mass is 275 g/mol. The lowest BCUT2D eigenvalue weighted by atomic mass is 10.1. The van der Waals surface area contributed by atoms with E-state index in [1.807, 2.05) is 12.1 Å². The van der Waals surface area contributed by atoms with Gasteiger partial charge in [-0.25, -0.2) is 0 Å². The molecule has 4 heteroatoms. The number of rotatable bonds is 7. The molecular weight excluding hydrogens is 254 g/mol. The highest BCUT2D eigenvalue weighted by Gasteiger charge is 1.99. The molecule has 0 fully saturated rings. The second kappa shape index (κ2) is 9.63. The summed E-state index contributed by atoms with van der Waals surface area (Å²) in [7, 11) is 0. The van der Waals surface area contributed by atoms with Crippen molar-refractivity contribution in [2.24, 2.45) is 5.73 Å². The molecule has 1 aromatic carbocycles. The molecule has 2 nitrogen and oxygen atoms in total. The zero-order valence-corrected chi connectivity index (χ0v) is 12.0. The molecule has 98 valence electrons. The Labute approximate surface area is 116 Å². The molecule has 1 atom stereocenters. The fourth-order valence-corrected chi connectivity index (χ4v) is 1.61. The van der Waals surface area contributed by atoms with Crippen molar-refractivity contribution in [3.63, 3.8) is 0 Å². The maximum Gasteiger partial charge on any atom is 0.119 e. The Morgan fingerprint density at radius 3 is 2.47 bits per heavy atom. The van der Waals surface area contributed by atoms with Crippen LogP contribution in [0.15, 0.2) is 24.3 Å². The molecule has 0 amide bonds. The molecule has 0 aliphatic carbocycles. The molecule has 0 radical (unpaired) electrons. The minimum atomic E-state index is 0. The summed E-state index contributed by atoms with van der Waals surface area (Å²) in [5, 5.41) is 0. The summed E-state index contributed by atoms with van der Waals surface area (Å²) in [5.41, 5.74) is 7.02. The molecule has 0 spiro atoms. The average molecular weight is 276 g/mol. The third-order valence-electron chi connectivity index (χ3n) is 2.49. The van der Waals surface area contributed by atoms with Gasteiger partial charge in [-0.1, -0.05) is 17.7 Å². The van der Waals surface area contributed by atoms with Crippen LogP contribution in [0, 0.1) is 6.92 Å². The Bertz CT molecular complexity index is 292. The lowest BCUT2D eigenvalue weighted by molar-refractivity contribution is 0.304. The second-order valence-electron chi connectivity index (χ2n) is 4.10. The average Bonchev–Trinajstić information content (AvgIpc) is 2.31. The van der Waals surface area contributed by atoms with Gasteiger partial charge in [0.25, 0.3) is 0 Å². The van der Waals surface area contributed by atoms with Crippen LogP contribution in [0.25, 0.3) is 0 Å². The van der Waals surface area contributed by atoms with E-state index < -0.39 is 0 Å². The summed E-state index contributed by atoms with van der Waals surface area (Å²) in [6.07, 6.45) is 3.18. The van der Waals surface area contributed by atoms with E-state index in [1.165, 1.54) is 5.56 Å². The van der Waals surface area contributed by atoms with Gasteiger partial charge in [-0.05, 0) is 38.3 Å². The van der Waals surface area contributed by atoms with E-state index >= 15 is 0 Å². The van der Waals surface area contributed by atoms with Crippen LogP contribution in [0.3, 0.4) is 0 Å². The molecule has 0 aliphatic rings. The third-order valence-corrected chi connectivity index (χ3v) is 2.96. The Hall–Kier alpha value is -0.380. The molecule has 0 aliphatic heterocycles. The van der Waals surface area contributed by atoms with Gasteiger partial charge in [0.1, 0.15) is 5.75 Å². The van der Waals surface area contributed by atoms with E-state index in [-0.39, 0.29) is 18.4 Å². The van der Waals surface area contributed by atoms with Crippen LogP contribution in [-0.2, 0) is 0 Å². The van der Waals surface area contributed by atoms with Crippen molar-refractivity contribution in [3.05, 3.63) is 29.8 Å². The van der Waals surface area contributed by atoms with Crippen LogP contribution in [0.5, 0.6) is 5.75 Å². The first-order valence-corrected chi connectivity index (χ1v) is 6.41. The van der Waals surface area contributed by atoms with Crippen LogP contribution in [0.1, 0.15) is 24.8 Å². The first-order valence-electron chi connectivity index (χ1n) is 5.78. The van der Waals surface area contributed by atoms with Crippen LogP contribution in [0.4, 0.5) is 0 Å². The quantitative estimate of drug-likeness (QED) is 0.592. The molecule has 2 N–H and O–H groups in total. The fourth-order valence-electron chi connectivity index (χ4n) is 1.42. The summed E-state index contributed by atoms with van der Waals surface area (Å²) in [6, 6.07) is 8.37. The highest BCUT2D eigenvalue weighted by Crippen LogP contribution is 2.12. The number of halogens is 1. The van der Waals surface area contributed by atoms with Crippen LogP contribution in [0.2, 0.25) is 0 Å². The lowest BCUT2D eigenvalue weighted by Crippen LogP contribution is -2.21. The number of benzene rings is 1. The van der Waals surface area contributed by atoms with Crippen LogP contribution < -0.4 is 10.5 Å². The minimum absolute atomic E-state index is 0. The Morgan fingerprint density at radius 1 is 1.24 bits per heavy atom. The van der Waals surface area contributed by atoms with Gasteiger partial charge in [-0.3, -0.25) is 0 Å². The second-order valence-corrected chi connectivity index (χ2v) is 4.47. The molecule has 0 aromatic heterocycles. The van der Waals surface area contributed by atoms with E-state index in [0.29, 0.717) is 0 Å². The largest absolute Gasteiger partial charge is 0.494 e. The van der Waals surface area contributed by atoms with Gasteiger partial charge in [-0.15, -0.1) is 12.4 Å². The van der Waals surface area contributed by atoms with Gasteiger partial charge in [0.05, 0.1) is 6.61 Å². The summed E-state index contributed by atoms with van der Waals surface area (Å²) >= 11 is 4.15. The summed E-state index contributed by atoms with van der Waals surface area (Å²) in [6.45, 7) is 2.84. The lowest BCUT2D eigenvalue weighted by Gasteiger charge is -2.09. The first-order chi connectivity index (χ1) is 7.72. The van der Waals surface area contributed by atoms with Crippen LogP contribution in [-0.4, -0.2) is 18.4 Å². The van der Waals surface area contributed by atoms with Gasteiger partial charge in [0, 0.05) is 11.8 Å². The van der Waals surface area contributed by atoms with Crippen molar-refractivity contribution >= 4 is 25.0 Å². The summed E-state index contributed by atoms with van der Waals surface area (Å²) in [5.74, 6) is 1.71. The van der Waals surface area contributed by atoms with Gasteiger partial charge in [-0.2, -0.15) is 12.6 Å². The topological polar surface area (TPSA) is 35.2 Å². The molecular formula is C13H22ClNOS. The van der Waals surface area contributed by atoms with Crippen molar-refractivity contribution in [2.45, 2.75) is 32.2 Å². The molecule has 1 rings (SSSR count). The maximum absolute atomic E-state index is 5.77. The predicted molar refractivity (Wildman–Crippen MR) is 79.6 cm³/mol. The van der Waals surface area contributed by atoms with Crippen molar-refractivity contribution in [1.82, 2.24) is 0 Å². The summed E-state index contributed by atoms with van der Waals surface area (Å²) in [4.78, 5) is 0. The Kier molecular flexibility index (Phi) is 9.41. The third kappa shape index (κ3) is 7.53. The van der Waals surface area contributed by atoms with Crippen molar-refractivity contribution < 1.29 is 4.74 Å². The van der Waals surface area contributed by atoms with E-state index in [2.05, 4.69) is 31.7 Å². The molecule has 17 heavy (non-hydrogen) atoms. The standard InChI is InChI=1S/C13H21NOS.ClH/c1-11-5-7-13(8-6-11)15-9-3-2-4-12(14)10-16;/h5-8,12,16H,2-4,9-10,14H2,1H3;1H/t12-;/m0./s1. The van der Waals surface area contributed by atoms with Crippen molar-refractivity contribution in [3.8, 4) is 5.75 Å². The van der Waals surface area contributed by atoms with Crippen LogP contribution >= 0.6 is 25.0 Å². The highest BCUT2D eigenvalue weighted by atomic mass is 35.5. The number of thiol groups is 1. The van der Waals surface area contributed by atoms with E-state index in [4.69, 9.17) is 10.5 Å². The number of ether oxygens (including phenoxy) is 1. The van der Waals surface area contributed by atoms with Crippen molar-refractivity contribution in [2.75, 3.05) is 12.4 Å². The maximum atomic E-state index is 5.77. The number of hydrogen-bond acceptors (Lipinski definition) is 3. The zero-order chi connectivity index (χ0) is 11.8. The smallest absolute Gasteiger partial charge is 0.119 e. The molecule has 0 heterocycles. The van der Waals surface area contributed by atoms with E-state index in [9.17, 15) is 0 Å². The van der Waals surface area contributed by atoms with Gasteiger partial charge in [0.2, 0.25) is 0 Å². The molecule has 0 bridgehead atoms. The van der Waals surface area contributed by atoms with Gasteiger partial charge < -0.3 is 10.5 Å². The number of nitrogens with two attached hydrogens (primary N) is 1. The zero-order valence-electron chi connectivity index (χ0n) is 10.3. The molecule has 0 saturated heterocycles. The SMILES string of the molecule is Cc1ccc(OCCCC[C@H](N)CS)cc1.Cl. The van der Waals surface area contributed by atoms with E-state index in [1.54, 1.807) is 0 Å². The van der Waals surface area contributed by atoms with E-state index in [0.717, 1.165) is 37.4 Å². The summed E-state index contributed by atoms with van der Waals surface area (Å²) < 4.78 is 5.62. The first kappa shape index (κ1) is 16.6.